The minimum absolute atomic E-state index is 0.296. The van der Waals surface area contributed by atoms with Gasteiger partial charge < -0.3 is 16.0 Å². The molecular weight excluding hydrogens is 250 g/mol. The molecular formula is C15H21N5. The molecule has 0 saturated carbocycles. The minimum Gasteiger partial charge on any atom is -0.370 e. The maximum Gasteiger partial charge on any atom is 0.223 e. The van der Waals surface area contributed by atoms with E-state index < -0.39 is 0 Å². The molecule has 0 aliphatic carbocycles. The molecule has 5 nitrogen and oxygen atoms in total. The first-order chi connectivity index (χ1) is 9.69. The van der Waals surface area contributed by atoms with Crippen molar-refractivity contribution in [3.05, 3.63) is 42.0 Å². The molecule has 0 aliphatic heterocycles. The third-order valence-electron chi connectivity index (χ3n) is 3.06. The molecule has 1 heterocycles. The molecule has 1 aromatic heterocycles. The van der Waals surface area contributed by atoms with E-state index in [0.717, 1.165) is 31.1 Å². The summed E-state index contributed by atoms with van der Waals surface area (Å²) >= 11 is 0. The number of aromatic nitrogens is 2. The van der Waals surface area contributed by atoms with Crippen molar-refractivity contribution in [1.82, 2.24) is 9.97 Å². The second-order valence-corrected chi connectivity index (χ2v) is 4.66. The van der Waals surface area contributed by atoms with E-state index in [0.29, 0.717) is 5.95 Å². The van der Waals surface area contributed by atoms with Gasteiger partial charge in [-0.2, -0.15) is 9.97 Å². The zero-order valence-corrected chi connectivity index (χ0v) is 12.0. The van der Waals surface area contributed by atoms with Crippen LogP contribution in [0, 0.1) is 0 Å². The number of nitrogen functional groups attached to an aromatic ring is 1. The Morgan fingerprint density at radius 2 is 1.95 bits per heavy atom. The third kappa shape index (κ3) is 3.85. The van der Waals surface area contributed by atoms with Crippen LogP contribution in [0.2, 0.25) is 0 Å². The predicted octanol–water partition coefficient (Wildman–Crippen LogP) is 2.17. The van der Waals surface area contributed by atoms with Gasteiger partial charge in [-0.1, -0.05) is 30.3 Å². The number of anilines is 3. The normalized spacial score (nSPS) is 10.3. The smallest absolute Gasteiger partial charge is 0.223 e. The Morgan fingerprint density at radius 1 is 1.20 bits per heavy atom. The molecule has 0 amide bonds. The second kappa shape index (κ2) is 6.75. The summed E-state index contributed by atoms with van der Waals surface area (Å²) in [5.74, 6) is 1.90. The molecule has 0 radical (unpaired) electrons. The molecule has 0 unspecified atom stereocenters. The Bertz CT molecular complexity index is 541. The summed E-state index contributed by atoms with van der Waals surface area (Å²) in [5, 5.41) is 3.16. The summed E-state index contributed by atoms with van der Waals surface area (Å²) in [4.78, 5) is 10.5. The summed E-state index contributed by atoms with van der Waals surface area (Å²) in [6.45, 7) is 3.72. The van der Waals surface area contributed by atoms with Gasteiger partial charge in [0.25, 0.3) is 0 Å². The average molecular weight is 271 g/mol. The van der Waals surface area contributed by atoms with E-state index in [4.69, 9.17) is 5.73 Å². The van der Waals surface area contributed by atoms with E-state index in [1.54, 1.807) is 0 Å². The van der Waals surface area contributed by atoms with E-state index in [2.05, 4.69) is 44.5 Å². The second-order valence-electron chi connectivity index (χ2n) is 4.66. The van der Waals surface area contributed by atoms with Gasteiger partial charge >= 0.3 is 0 Å². The minimum atomic E-state index is 0.296. The van der Waals surface area contributed by atoms with E-state index in [1.807, 2.05) is 26.1 Å². The van der Waals surface area contributed by atoms with Crippen LogP contribution in [0.5, 0.6) is 0 Å². The monoisotopic (exact) mass is 271 g/mol. The van der Waals surface area contributed by atoms with Crippen molar-refractivity contribution in [3.8, 4) is 0 Å². The standard InChI is InChI=1S/C15H21N5/c1-3-17-13-11-14(19-15(16)18-13)20(2)10-9-12-7-5-4-6-8-12/h4-8,11H,3,9-10H2,1-2H3,(H3,16,17,18,19). The Balaban J connectivity index is 2.03. The zero-order valence-electron chi connectivity index (χ0n) is 12.0. The van der Waals surface area contributed by atoms with Crippen molar-refractivity contribution in [1.29, 1.82) is 0 Å². The highest BCUT2D eigenvalue weighted by molar-refractivity contribution is 5.52. The van der Waals surface area contributed by atoms with Crippen LogP contribution in [0.4, 0.5) is 17.6 Å². The first kappa shape index (κ1) is 14.1. The Morgan fingerprint density at radius 3 is 2.65 bits per heavy atom. The van der Waals surface area contributed by atoms with Crippen molar-refractivity contribution in [2.45, 2.75) is 13.3 Å². The number of likely N-dealkylation sites (N-methyl/N-ethyl adjacent to an activating group) is 1. The Kier molecular flexibility index (Phi) is 4.76. The molecule has 0 atom stereocenters. The lowest BCUT2D eigenvalue weighted by atomic mass is 10.1. The third-order valence-corrected chi connectivity index (χ3v) is 3.06. The van der Waals surface area contributed by atoms with Gasteiger partial charge in [0.2, 0.25) is 5.95 Å². The lowest BCUT2D eigenvalue weighted by molar-refractivity contribution is 0.857. The summed E-state index contributed by atoms with van der Waals surface area (Å²) < 4.78 is 0. The van der Waals surface area contributed by atoms with E-state index in [9.17, 15) is 0 Å². The van der Waals surface area contributed by atoms with Crippen molar-refractivity contribution < 1.29 is 0 Å². The van der Waals surface area contributed by atoms with E-state index in [1.165, 1.54) is 5.56 Å². The van der Waals surface area contributed by atoms with E-state index >= 15 is 0 Å². The molecule has 20 heavy (non-hydrogen) atoms. The van der Waals surface area contributed by atoms with Crippen LogP contribution < -0.4 is 16.0 Å². The van der Waals surface area contributed by atoms with Crippen LogP contribution >= 0.6 is 0 Å². The maximum absolute atomic E-state index is 5.75. The largest absolute Gasteiger partial charge is 0.370 e. The maximum atomic E-state index is 5.75. The van der Waals surface area contributed by atoms with Crippen LogP contribution in [-0.4, -0.2) is 30.1 Å². The van der Waals surface area contributed by atoms with Gasteiger partial charge in [0.05, 0.1) is 0 Å². The van der Waals surface area contributed by atoms with Gasteiger partial charge in [-0.3, -0.25) is 0 Å². The lowest BCUT2D eigenvalue weighted by Gasteiger charge is -2.19. The number of nitrogens with one attached hydrogen (secondary N) is 1. The SMILES string of the molecule is CCNc1cc(N(C)CCc2ccccc2)nc(N)n1. The first-order valence-electron chi connectivity index (χ1n) is 6.82. The molecule has 5 heteroatoms. The van der Waals surface area contributed by atoms with Crippen LogP contribution in [0.15, 0.2) is 36.4 Å². The highest BCUT2D eigenvalue weighted by atomic mass is 15.2. The molecule has 2 rings (SSSR count). The van der Waals surface area contributed by atoms with Crippen LogP contribution in [-0.2, 0) is 6.42 Å². The molecule has 3 N–H and O–H groups in total. The summed E-state index contributed by atoms with van der Waals surface area (Å²) in [7, 11) is 2.01. The number of benzene rings is 1. The van der Waals surface area contributed by atoms with Crippen molar-refractivity contribution >= 4 is 17.6 Å². The molecule has 0 fully saturated rings. The van der Waals surface area contributed by atoms with Crippen molar-refractivity contribution in [2.75, 3.05) is 36.1 Å². The number of nitrogens with two attached hydrogens (primary N) is 1. The average Bonchev–Trinajstić information content (AvgIpc) is 2.45. The summed E-state index contributed by atoms with van der Waals surface area (Å²) in [5.41, 5.74) is 7.06. The van der Waals surface area contributed by atoms with Gasteiger partial charge in [0, 0.05) is 26.2 Å². The van der Waals surface area contributed by atoms with Gasteiger partial charge in [-0.05, 0) is 18.9 Å². The highest BCUT2D eigenvalue weighted by Crippen LogP contribution is 2.16. The van der Waals surface area contributed by atoms with E-state index in [-0.39, 0.29) is 0 Å². The zero-order chi connectivity index (χ0) is 14.4. The topological polar surface area (TPSA) is 67.1 Å². The predicted molar refractivity (Wildman–Crippen MR) is 84.0 cm³/mol. The first-order valence-corrected chi connectivity index (χ1v) is 6.82. The fourth-order valence-electron chi connectivity index (χ4n) is 1.98. The number of nitrogens with zero attached hydrogens (tertiary/aromatic N) is 3. The fourth-order valence-corrected chi connectivity index (χ4v) is 1.98. The fraction of sp³-hybridized carbons (Fsp3) is 0.333. The van der Waals surface area contributed by atoms with Crippen molar-refractivity contribution in [3.63, 3.8) is 0 Å². The highest BCUT2D eigenvalue weighted by Gasteiger charge is 2.07. The molecule has 2 aromatic rings. The van der Waals surface area contributed by atoms with Gasteiger partial charge in [-0.25, -0.2) is 0 Å². The van der Waals surface area contributed by atoms with Crippen LogP contribution in [0.1, 0.15) is 12.5 Å². The summed E-state index contributed by atoms with van der Waals surface area (Å²) in [6.07, 6.45) is 0.970. The van der Waals surface area contributed by atoms with Crippen LogP contribution in [0.25, 0.3) is 0 Å². The molecule has 106 valence electrons. The van der Waals surface area contributed by atoms with Crippen LogP contribution in [0.3, 0.4) is 0 Å². The van der Waals surface area contributed by atoms with Gasteiger partial charge in [0.1, 0.15) is 11.6 Å². The van der Waals surface area contributed by atoms with Gasteiger partial charge in [0.15, 0.2) is 0 Å². The lowest BCUT2D eigenvalue weighted by Crippen LogP contribution is -2.22. The molecule has 1 aromatic carbocycles. The molecule has 0 spiro atoms. The molecule has 0 bridgehead atoms. The molecule has 0 saturated heterocycles. The van der Waals surface area contributed by atoms with Crippen molar-refractivity contribution in [2.24, 2.45) is 0 Å². The quantitative estimate of drug-likeness (QED) is 0.843. The number of rotatable bonds is 6. The summed E-state index contributed by atoms with van der Waals surface area (Å²) in [6, 6.07) is 12.3. The Labute approximate surface area is 119 Å². The Hall–Kier alpha value is -2.30. The molecule has 0 aliphatic rings. The number of hydrogen-bond donors (Lipinski definition) is 2. The number of hydrogen-bond acceptors (Lipinski definition) is 5. The van der Waals surface area contributed by atoms with Gasteiger partial charge in [-0.15, -0.1) is 0 Å².